The molecule has 4 saturated carbocycles. The fourth-order valence-corrected chi connectivity index (χ4v) is 7.23. The van der Waals surface area contributed by atoms with Crippen molar-refractivity contribution < 1.29 is 0 Å². The van der Waals surface area contributed by atoms with Gasteiger partial charge in [0.25, 0.3) is 0 Å². The Morgan fingerprint density at radius 1 is 0.923 bits per heavy atom. The Morgan fingerprint density at radius 3 is 2.31 bits per heavy atom. The minimum absolute atomic E-state index is 0.270. The Balaban J connectivity index is 1.44. The molecule has 4 aliphatic rings. The molecule has 4 bridgehead atoms. The first kappa shape index (κ1) is 15.2. The van der Waals surface area contributed by atoms with Gasteiger partial charge >= 0.3 is 0 Å². The van der Waals surface area contributed by atoms with Gasteiger partial charge in [-0.1, -0.05) is 30.3 Å². The van der Waals surface area contributed by atoms with Gasteiger partial charge in [-0.05, 0) is 61.8 Å². The highest BCUT2D eigenvalue weighted by Crippen LogP contribution is 2.57. The van der Waals surface area contributed by atoms with Crippen molar-refractivity contribution in [2.75, 3.05) is 5.32 Å². The van der Waals surface area contributed by atoms with Crippen molar-refractivity contribution in [1.29, 1.82) is 0 Å². The summed E-state index contributed by atoms with van der Waals surface area (Å²) in [7, 11) is 0. The first-order valence-corrected chi connectivity index (χ1v) is 10.7. The zero-order chi connectivity index (χ0) is 17.1. The van der Waals surface area contributed by atoms with E-state index in [9.17, 15) is 0 Å². The summed E-state index contributed by atoms with van der Waals surface area (Å²) in [6.07, 6.45) is 10.1. The molecule has 3 nitrogen and oxygen atoms in total. The largest absolute Gasteiger partial charge is 0.364 e. The Labute approximate surface area is 157 Å². The van der Waals surface area contributed by atoms with E-state index in [-0.39, 0.29) is 5.54 Å². The van der Waals surface area contributed by atoms with E-state index in [2.05, 4.69) is 46.0 Å². The second-order valence-corrected chi connectivity index (χ2v) is 9.60. The average molecular weight is 362 g/mol. The third kappa shape index (κ3) is 2.31. The first-order chi connectivity index (χ1) is 12.8. The van der Waals surface area contributed by atoms with Crippen molar-refractivity contribution in [2.45, 2.75) is 44.1 Å². The lowest BCUT2D eigenvalue weighted by atomic mass is 9.53. The highest BCUT2D eigenvalue weighted by atomic mass is 32.1. The molecule has 0 amide bonds. The topological polar surface area (TPSA) is 37.8 Å². The molecule has 3 aromatic rings. The average Bonchev–Trinajstić information content (AvgIpc) is 3.06. The van der Waals surface area contributed by atoms with E-state index in [1.54, 1.807) is 17.7 Å². The molecule has 0 spiro atoms. The Hall–Kier alpha value is -1.94. The van der Waals surface area contributed by atoms with E-state index in [4.69, 9.17) is 4.98 Å². The van der Waals surface area contributed by atoms with Crippen LogP contribution in [0, 0.1) is 17.8 Å². The highest BCUT2D eigenvalue weighted by Gasteiger charge is 2.51. The van der Waals surface area contributed by atoms with Crippen LogP contribution in [-0.4, -0.2) is 15.5 Å². The zero-order valence-corrected chi connectivity index (χ0v) is 15.6. The molecule has 7 rings (SSSR count). The lowest BCUT2D eigenvalue weighted by Gasteiger charge is -2.57. The monoisotopic (exact) mass is 361 g/mol. The van der Waals surface area contributed by atoms with E-state index in [1.807, 2.05) is 0 Å². The number of benzene rings is 1. The van der Waals surface area contributed by atoms with Gasteiger partial charge in [0.05, 0.1) is 5.39 Å². The number of nitrogens with one attached hydrogen (secondary N) is 1. The van der Waals surface area contributed by atoms with Crippen molar-refractivity contribution in [2.24, 2.45) is 17.8 Å². The molecular weight excluding hydrogens is 338 g/mol. The number of rotatable bonds is 3. The maximum atomic E-state index is 4.73. The second-order valence-electron chi connectivity index (χ2n) is 8.74. The molecule has 4 fully saturated rings. The number of fused-ring (bicyclic) bond motifs is 1. The molecule has 4 heteroatoms. The smallest absolute Gasteiger partial charge is 0.139 e. The van der Waals surface area contributed by atoms with Crippen LogP contribution in [0.1, 0.15) is 38.5 Å². The molecule has 1 N–H and O–H groups in total. The van der Waals surface area contributed by atoms with Gasteiger partial charge in [-0.2, -0.15) is 0 Å². The molecule has 0 aliphatic heterocycles. The summed E-state index contributed by atoms with van der Waals surface area (Å²) in [4.78, 5) is 10.4. The van der Waals surface area contributed by atoms with Gasteiger partial charge in [-0.15, -0.1) is 11.3 Å². The maximum absolute atomic E-state index is 4.73. The third-order valence-corrected chi connectivity index (χ3v) is 7.76. The normalized spacial score (nSPS) is 32.2. The van der Waals surface area contributed by atoms with Crippen LogP contribution in [0.5, 0.6) is 0 Å². The van der Waals surface area contributed by atoms with Gasteiger partial charge in [0.2, 0.25) is 0 Å². The predicted molar refractivity (Wildman–Crippen MR) is 107 cm³/mol. The molecular formula is C22H23N3S. The van der Waals surface area contributed by atoms with Gasteiger partial charge < -0.3 is 5.32 Å². The summed E-state index contributed by atoms with van der Waals surface area (Å²) in [5, 5.41) is 7.42. The Kier molecular flexibility index (Phi) is 3.22. The summed E-state index contributed by atoms with van der Waals surface area (Å²) in [5.41, 5.74) is 2.78. The van der Waals surface area contributed by atoms with Gasteiger partial charge in [-0.3, -0.25) is 0 Å². The minimum Gasteiger partial charge on any atom is -0.364 e. The lowest BCUT2D eigenvalue weighted by molar-refractivity contribution is 0.0106. The summed E-state index contributed by atoms with van der Waals surface area (Å²) in [6.45, 7) is 0. The molecule has 2 aromatic heterocycles. The predicted octanol–water partition coefficient (Wildman–Crippen LogP) is 5.74. The molecule has 2 heterocycles. The van der Waals surface area contributed by atoms with Crippen LogP contribution in [-0.2, 0) is 0 Å². The van der Waals surface area contributed by atoms with Gasteiger partial charge in [-0.25, -0.2) is 9.97 Å². The number of nitrogens with zero attached hydrogens (tertiary/aromatic N) is 2. The SMILES string of the molecule is c1ccc(-c2csc3ncnc(NC45CC6CC(CC(C6)C4)C5)c23)cc1. The number of anilines is 1. The molecule has 26 heavy (non-hydrogen) atoms. The second kappa shape index (κ2) is 5.53. The summed E-state index contributed by atoms with van der Waals surface area (Å²) < 4.78 is 0. The van der Waals surface area contributed by atoms with Crippen LogP contribution < -0.4 is 5.32 Å². The van der Waals surface area contributed by atoms with E-state index < -0.39 is 0 Å². The minimum atomic E-state index is 0.270. The van der Waals surface area contributed by atoms with Crippen molar-refractivity contribution in [3.63, 3.8) is 0 Å². The van der Waals surface area contributed by atoms with E-state index in [0.717, 1.165) is 28.4 Å². The van der Waals surface area contributed by atoms with Gasteiger partial charge in [0.1, 0.15) is 17.0 Å². The number of thiophene rings is 1. The molecule has 0 atom stereocenters. The summed E-state index contributed by atoms with van der Waals surface area (Å²) in [6, 6.07) is 10.7. The van der Waals surface area contributed by atoms with Crippen molar-refractivity contribution >= 4 is 27.4 Å². The molecule has 0 saturated heterocycles. The molecule has 4 aliphatic carbocycles. The Morgan fingerprint density at radius 2 is 1.62 bits per heavy atom. The van der Waals surface area contributed by atoms with Crippen LogP contribution in [0.2, 0.25) is 0 Å². The summed E-state index contributed by atoms with van der Waals surface area (Å²) >= 11 is 1.72. The molecule has 132 valence electrons. The van der Waals surface area contributed by atoms with Gasteiger partial charge in [0, 0.05) is 16.5 Å². The molecule has 0 radical (unpaired) electrons. The fourth-order valence-electron chi connectivity index (χ4n) is 6.31. The molecule has 0 unspecified atom stereocenters. The number of hydrogen-bond acceptors (Lipinski definition) is 4. The van der Waals surface area contributed by atoms with E-state index >= 15 is 0 Å². The van der Waals surface area contributed by atoms with Crippen LogP contribution in [0.25, 0.3) is 21.3 Å². The molecule has 1 aromatic carbocycles. The van der Waals surface area contributed by atoms with E-state index in [0.29, 0.717) is 0 Å². The van der Waals surface area contributed by atoms with Gasteiger partial charge in [0.15, 0.2) is 0 Å². The van der Waals surface area contributed by atoms with Crippen molar-refractivity contribution in [3.05, 3.63) is 42.0 Å². The van der Waals surface area contributed by atoms with Crippen LogP contribution in [0.15, 0.2) is 42.0 Å². The first-order valence-electron chi connectivity index (χ1n) is 9.84. The van der Waals surface area contributed by atoms with Crippen molar-refractivity contribution in [1.82, 2.24) is 9.97 Å². The highest BCUT2D eigenvalue weighted by molar-refractivity contribution is 7.17. The summed E-state index contributed by atoms with van der Waals surface area (Å²) in [5.74, 6) is 3.85. The maximum Gasteiger partial charge on any atom is 0.139 e. The lowest BCUT2D eigenvalue weighted by Crippen LogP contribution is -2.54. The van der Waals surface area contributed by atoms with E-state index in [1.165, 1.54) is 55.0 Å². The van der Waals surface area contributed by atoms with Crippen molar-refractivity contribution in [3.8, 4) is 11.1 Å². The zero-order valence-electron chi connectivity index (χ0n) is 14.8. The number of hydrogen-bond donors (Lipinski definition) is 1. The Bertz CT molecular complexity index is 927. The van der Waals surface area contributed by atoms with Crippen LogP contribution >= 0.6 is 11.3 Å². The number of aromatic nitrogens is 2. The fraction of sp³-hybridized carbons (Fsp3) is 0.455. The van der Waals surface area contributed by atoms with Crippen LogP contribution in [0.4, 0.5) is 5.82 Å². The standard InChI is InChI=1S/C22H23N3S/c1-2-4-17(5-3-1)18-12-26-21-19(18)20(23-13-24-21)25-22-9-14-6-15(10-22)8-16(7-14)11-22/h1-5,12-16H,6-11H2,(H,23,24,25). The third-order valence-electron chi connectivity index (χ3n) is 6.88. The van der Waals surface area contributed by atoms with Crippen LogP contribution in [0.3, 0.4) is 0 Å². The quantitative estimate of drug-likeness (QED) is 0.646.